The molecule has 2 rings (SSSR count). The van der Waals surface area contributed by atoms with E-state index in [0.717, 1.165) is 18.7 Å². The summed E-state index contributed by atoms with van der Waals surface area (Å²) in [4.78, 5) is 13.2. The summed E-state index contributed by atoms with van der Waals surface area (Å²) < 4.78 is 4.94. The smallest absolute Gasteiger partial charge is 0.326 e. The fourth-order valence-electron chi connectivity index (χ4n) is 2.10. The van der Waals surface area contributed by atoms with Gasteiger partial charge in [0.25, 0.3) is 0 Å². The van der Waals surface area contributed by atoms with Crippen molar-refractivity contribution in [1.29, 1.82) is 0 Å². The Bertz CT molecular complexity index is 380. The summed E-state index contributed by atoms with van der Waals surface area (Å²) in [5, 5.41) is 5.95. The number of hydrogen-bond donors (Lipinski definition) is 1. The zero-order valence-corrected chi connectivity index (χ0v) is 11.7. The van der Waals surface area contributed by atoms with E-state index < -0.39 is 5.54 Å². The van der Waals surface area contributed by atoms with E-state index in [-0.39, 0.29) is 5.97 Å². The molecule has 1 saturated heterocycles. The van der Waals surface area contributed by atoms with Crippen LogP contribution in [0, 0.1) is 0 Å². The first-order valence-corrected chi connectivity index (χ1v) is 7.56. The molecule has 1 aliphatic heterocycles. The van der Waals surface area contributed by atoms with Gasteiger partial charge in [0.1, 0.15) is 5.54 Å². The van der Waals surface area contributed by atoms with Gasteiger partial charge < -0.3 is 4.74 Å². The fourth-order valence-corrected chi connectivity index (χ4v) is 4.05. The van der Waals surface area contributed by atoms with Crippen LogP contribution >= 0.6 is 23.1 Å². The summed E-state index contributed by atoms with van der Waals surface area (Å²) in [6.45, 7) is 2.89. The monoisotopic (exact) mass is 271 g/mol. The van der Waals surface area contributed by atoms with Crippen molar-refractivity contribution >= 4 is 29.1 Å². The summed E-state index contributed by atoms with van der Waals surface area (Å²) >= 11 is 3.53. The third-order valence-corrected chi connectivity index (χ3v) is 5.28. The average molecular weight is 271 g/mol. The van der Waals surface area contributed by atoms with Crippen LogP contribution in [0.3, 0.4) is 0 Å². The molecule has 5 heteroatoms. The summed E-state index contributed by atoms with van der Waals surface area (Å²) in [6.07, 6.45) is 0.843. The zero-order valence-electron chi connectivity index (χ0n) is 10.1. The Morgan fingerprint density at radius 2 is 2.53 bits per heavy atom. The molecule has 94 valence electrons. The van der Waals surface area contributed by atoms with E-state index in [9.17, 15) is 4.79 Å². The quantitative estimate of drug-likeness (QED) is 0.853. The Morgan fingerprint density at radius 3 is 3.06 bits per heavy atom. The third kappa shape index (κ3) is 2.84. The van der Waals surface area contributed by atoms with Gasteiger partial charge in [-0.1, -0.05) is 13.0 Å². The Morgan fingerprint density at radius 1 is 1.71 bits per heavy atom. The molecule has 3 nitrogen and oxygen atoms in total. The number of nitrogens with one attached hydrogen (secondary N) is 1. The second kappa shape index (κ2) is 5.42. The molecule has 1 N–H and O–H groups in total. The third-order valence-electron chi connectivity index (χ3n) is 3.01. The van der Waals surface area contributed by atoms with Crippen LogP contribution < -0.4 is 5.32 Å². The lowest BCUT2D eigenvalue weighted by molar-refractivity contribution is -0.147. The van der Waals surface area contributed by atoms with E-state index in [1.165, 1.54) is 12.0 Å². The second-order valence-electron chi connectivity index (χ2n) is 4.33. The van der Waals surface area contributed by atoms with Crippen LogP contribution in [0.2, 0.25) is 0 Å². The van der Waals surface area contributed by atoms with Gasteiger partial charge in [0, 0.05) is 22.4 Å². The molecule has 0 spiro atoms. The highest BCUT2D eigenvalue weighted by Crippen LogP contribution is 2.35. The molecule has 1 fully saturated rings. The van der Waals surface area contributed by atoms with Crippen molar-refractivity contribution in [2.24, 2.45) is 0 Å². The zero-order chi connectivity index (χ0) is 12.3. The minimum absolute atomic E-state index is 0.133. The molecule has 0 bridgehead atoms. The lowest BCUT2D eigenvalue weighted by Gasteiger charge is -2.26. The van der Waals surface area contributed by atoms with Crippen LogP contribution in [0.1, 0.15) is 18.2 Å². The maximum Gasteiger partial charge on any atom is 0.326 e. The molecule has 0 aliphatic carbocycles. The van der Waals surface area contributed by atoms with Crippen LogP contribution in [-0.4, -0.2) is 29.6 Å². The predicted molar refractivity (Wildman–Crippen MR) is 72.4 cm³/mol. The van der Waals surface area contributed by atoms with Crippen LogP contribution in [0.25, 0.3) is 0 Å². The molecule has 0 aromatic carbocycles. The molecule has 1 aromatic heterocycles. The molecule has 1 aliphatic rings. The number of esters is 1. The fraction of sp³-hybridized carbons (Fsp3) is 0.583. The Labute approximate surface area is 110 Å². The van der Waals surface area contributed by atoms with Gasteiger partial charge in [-0.05, 0) is 17.9 Å². The largest absolute Gasteiger partial charge is 0.468 e. The number of methoxy groups -OCH3 is 1. The number of thioether (sulfide) groups is 1. The van der Waals surface area contributed by atoms with E-state index in [4.69, 9.17) is 4.74 Å². The summed E-state index contributed by atoms with van der Waals surface area (Å²) in [6, 6.07) is 4.10. The number of carbonyl (C=O) groups excluding carboxylic acids is 1. The van der Waals surface area contributed by atoms with Gasteiger partial charge in [-0.3, -0.25) is 10.1 Å². The summed E-state index contributed by atoms with van der Waals surface area (Å²) in [7, 11) is 1.46. The van der Waals surface area contributed by atoms with Gasteiger partial charge in [-0.25, -0.2) is 0 Å². The number of ether oxygens (including phenoxy) is 1. The van der Waals surface area contributed by atoms with Crippen LogP contribution in [0.15, 0.2) is 17.5 Å². The minimum Gasteiger partial charge on any atom is -0.468 e. The number of rotatable bonds is 4. The van der Waals surface area contributed by atoms with Gasteiger partial charge in [0.2, 0.25) is 0 Å². The Kier molecular flexibility index (Phi) is 4.12. The average Bonchev–Trinajstić information content (AvgIpc) is 2.95. The van der Waals surface area contributed by atoms with Crippen molar-refractivity contribution < 1.29 is 9.53 Å². The number of carbonyl (C=O) groups is 1. The molecule has 1 aromatic rings. The van der Waals surface area contributed by atoms with E-state index in [2.05, 4.69) is 18.3 Å². The molecular weight excluding hydrogens is 254 g/mol. The van der Waals surface area contributed by atoms with E-state index >= 15 is 0 Å². The maximum absolute atomic E-state index is 11.9. The predicted octanol–water partition coefficient (Wildman–Crippen LogP) is 2.27. The molecule has 0 saturated carbocycles. The lowest BCUT2D eigenvalue weighted by Crippen LogP contribution is -2.52. The molecular formula is C12H17NO2S2. The highest BCUT2D eigenvalue weighted by Gasteiger charge is 2.45. The van der Waals surface area contributed by atoms with E-state index in [1.807, 2.05) is 23.2 Å². The van der Waals surface area contributed by atoms with Crippen molar-refractivity contribution in [3.63, 3.8) is 0 Å². The topological polar surface area (TPSA) is 38.3 Å². The van der Waals surface area contributed by atoms with Gasteiger partial charge in [0.05, 0.1) is 7.11 Å². The highest BCUT2D eigenvalue weighted by molar-refractivity contribution is 8.00. The first-order valence-electron chi connectivity index (χ1n) is 5.64. The first-order chi connectivity index (χ1) is 8.16. The van der Waals surface area contributed by atoms with Crippen LogP contribution in [0.5, 0.6) is 0 Å². The van der Waals surface area contributed by atoms with Crippen molar-refractivity contribution in [1.82, 2.24) is 5.32 Å². The van der Waals surface area contributed by atoms with Gasteiger partial charge >= 0.3 is 5.97 Å². The Hall–Kier alpha value is -0.520. The van der Waals surface area contributed by atoms with E-state index in [1.54, 1.807) is 11.3 Å². The van der Waals surface area contributed by atoms with Gasteiger partial charge in [-0.15, -0.1) is 11.3 Å². The van der Waals surface area contributed by atoms with Gasteiger partial charge in [0.15, 0.2) is 0 Å². The molecule has 2 atom stereocenters. The highest BCUT2D eigenvalue weighted by atomic mass is 32.2. The molecule has 2 unspecified atom stereocenters. The van der Waals surface area contributed by atoms with Crippen molar-refractivity contribution in [3.8, 4) is 0 Å². The van der Waals surface area contributed by atoms with Crippen molar-refractivity contribution in [2.45, 2.75) is 30.7 Å². The molecule has 17 heavy (non-hydrogen) atoms. The standard InChI is InChI=1S/C12H17NO2S2/c1-9-6-12(8-17-9,11(14)15-2)13-7-10-4-3-5-16-10/h3-5,9,13H,6-8H2,1-2H3. The summed E-state index contributed by atoms with van der Waals surface area (Å²) in [5.41, 5.74) is -0.497. The lowest BCUT2D eigenvalue weighted by atomic mass is 9.96. The second-order valence-corrected chi connectivity index (χ2v) is 6.79. The maximum atomic E-state index is 11.9. The van der Waals surface area contributed by atoms with E-state index in [0.29, 0.717) is 5.25 Å². The van der Waals surface area contributed by atoms with Gasteiger partial charge in [-0.2, -0.15) is 11.8 Å². The molecule has 0 radical (unpaired) electrons. The SMILES string of the molecule is COC(=O)C1(NCc2cccs2)CSC(C)C1. The van der Waals surface area contributed by atoms with Crippen molar-refractivity contribution in [2.75, 3.05) is 12.9 Å². The molecule has 2 heterocycles. The normalized spacial score (nSPS) is 28.2. The molecule has 0 amide bonds. The van der Waals surface area contributed by atoms with Crippen molar-refractivity contribution in [3.05, 3.63) is 22.4 Å². The number of thiophene rings is 1. The van der Waals surface area contributed by atoms with Crippen LogP contribution in [0.4, 0.5) is 0 Å². The van der Waals surface area contributed by atoms with Crippen LogP contribution in [-0.2, 0) is 16.1 Å². The minimum atomic E-state index is -0.497. The first kappa shape index (κ1) is 12.9. The summed E-state index contributed by atoms with van der Waals surface area (Å²) in [5.74, 6) is 0.664. The number of hydrogen-bond acceptors (Lipinski definition) is 5. The Balaban J connectivity index is 2.04.